The zero-order valence-electron chi connectivity index (χ0n) is 26.6. The van der Waals surface area contributed by atoms with Gasteiger partial charge in [0.05, 0.1) is 6.04 Å². The van der Waals surface area contributed by atoms with Gasteiger partial charge in [-0.3, -0.25) is 24.0 Å². The van der Waals surface area contributed by atoms with Crippen molar-refractivity contribution in [3.63, 3.8) is 0 Å². The van der Waals surface area contributed by atoms with Gasteiger partial charge in [0, 0.05) is 18.4 Å². The topological polar surface area (TPSA) is 180 Å². The van der Waals surface area contributed by atoms with Crippen molar-refractivity contribution in [1.82, 2.24) is 21.3 Å². The van der Waals surface area contributed by atoms with E-state index in [1.54, 1.807) is 54.6 Å². The van der Waals surface area contributed by atoms with Gasteiger partial charge in [0.1, 0.15) is 17.6 Å². The minimum absolute atomic E-state index is 0.00818. The van der Waals surface area contributed by atoms with E-state index in [1.807, 2.05) is 35.6 Å². The molecule has 3 aromatic carbocycles. The molecule has 3 unspecified atom stereocenters. The quantitative estimate of drug-likeness (QED) is 0.144. The number of carbonyl (C=O) groups excluding carboxylic acids is 5. The van der Waals surface area contributed by atoms with E-state index in [4.69, 9.17) is 5.73 Å². The Kier molecular flexibility index (Phi) is 11.8. The summed E-state index contributed by atoms with van der Waals surface area (Å²) in [6, 6.07) is 20.6. The molecule has 4 atom stereocenters. The summed E-state index contributed by atoms with van der Waals surface area (Å²) in [5.74, 6) is -3.91. The molecule has 5 amide bonds. The lowest BCUT2D eigenvalue weighted by Crippen LogP contribution is -2.59. The van der Waals surface area contributed by atoms with Gasteiger partial charge in [0.15, 0.2) is 6.10 Å². The van der Waals surface area contributed by atoms with Crippen LogP contribution in [0.3, 0.4) is 0 Å². The normalized spacial score (nSPS) is 15.9. The number of benzene rings is 3. The Morgan fingerprint density at radius 2 is 1.39 bits per heavy atom. The summed E-state index contributed by atoms with van der Waals surface area (Å²) in [7, 11) is 0. The number of carbonyl (C=O) groups is 5. The van der Waals surface area contributed by atoms with Gasteiger partial charge in [-0.25, -0.2) is 0 Å². The summed E-state index contributed by atoms with van der Waals surface area (Å²) in [6.07, 6.45) is -8.60. The maximum atomic E-state index is 13.5. The SMILES string of the molecule is C[C@H](NC(=O)C(Cc1ccccc1)NC(=O)C1(NC(=O)c2ccc(-c3ccccc3)cc2)CC1)C(=O)NC(CCC(N)=O)C(O)C(F)(F)F. The van der Waals surface area contributed by atoms with Crippen LogP contribution in [0.2, 0.25) is 0 Å². The molecule has 0 radical (unpaired) electrons. The smallest absolute Gasteiger partial charge is 0.382 e. The molecule has 0 aliphatic heterocycles. The first-order valence-corrected chi connectivity index (χ1v) is 15.7. The number of hydrogen-bond donors (Lipinski definition) is 6. The number of nitrogens with one attached hydrogen (secondary N) is 4. The lowest BCUT2D eigenvalue weighted by molar-refractivity contribution is -0.212. The highest BCUT2D eigenvalue weighted by Crippen LogP contribution is 2.36. The van der Waals surface area contributed by atoms with Gasteiger partial charge in [-0.05, 0) is 55.0 Å². The summed E-state index contributed by atoms with van der Waals surface area (Å²) < 4.78 is 39.7. The van der Waals surface area contributed by atoms with Crippen LogP contribution in [-0.4, -0.2) is 70.6 Å². The first-order chi connectivity index (χ1) is 23.2. The van der Waals surface area contributed by atoms with E-state index in [9.17, 15) is 42.3 Å². The number of hydrogen-bond acceptors (Lipinski definition) is 6. The Morgan fingerprint density at radius 3 is 1.94 bits per heavy atom. The Labute approximate surface area is 280 Å². The largest absolute Gasteiger partial charge is 0.416 e. The predicted molar refractivity (Wildman–Crippen MR) is 173 cm³/mol. The predicted octanol–water partition coefficient (Wildman–Crippen LogP) is 2.52. The molecule has 0 heterocycles. The molecule has 260 valence electrons. The summed E-state index contributed by atoms with van der Waals surface area (Å²) in [5.41, 5.74) is 6.64. The van der Waals surface area contributed by atoms with Gasteiger partial charge in [-0.2, -0.15) is 13.2 Å². The van der Waals surface area contributed by atoms with Crippen LogP contribution in [-0.2, 0) is 25.6 Å². The van der Waals surface area contributed by atoms with Crippen molar-refractivity contribution < 1.29 is 42.3 Å². The van der Waals surface area contributed by atoms with Gasteiger partial charge in [0.25, 0.3) is 5.91 Å². The molecule has 1 fully saturated rings. The third kappa shape index (κ3) is 10.1. The zero-order valence-corrected chi connectivity index (χ0v) is 26.6. The molecule has 0 spiro atoms. The number of aliphatic hydroxyl groups is 1. The van der Waals surface area contributed by atoms with E-state index >= 15 is 0 Å². The molecular weight excluding hydrogens is 643 g/mol. The van der Waals surface area contributed by atoms with Crippen LogP contribution in [0, 0.1) is 0 Å². The van der Waals surface area contributed by atoms with E-state index in [-0.39, 0.29) is 6.42 Å². The van der Waals surface area contributed by atoms with Crippen molar-refractivity contribution in [2.75, 3.05) is 0 Å². The van der Waals surface area contributed by atoms with Crippen LogP contribution in [0.4, 0.5) is 13.2 Å². The highest BCUT2D eigenvalue weighted by atomic mass is 19.4. The number of alkyl halides is 3. The molecular formula is C35H38F3N5O6. The van der Waals surface area contributed by atoms with Crippen molar-refractivity contribution in [3.05, 3.63) is 96.1 Å². The van der Waals surface area contributed by atoms with Gasteiger partial charge >= 0.3 is 6.18 Å². The third-order valence-electron chi connectivity index (χ3n) is 8.19. The van der Waals surface area contributed by atoms with E-state index in [1.165, 1.54) is 6.92 Å². The molecule has 7 N–H and O–H groups in total. The number of nitrogens with two attached hydrogens (primary N) is 1. The molecule has 4 rings (SSSR count). The fourth-order valence-corrected chi connectivity index (χ4v) is 5.15. The van der Waals surface area contributed by atoms with Gasteiger partial charge in [0.2, 0.25) is 23.6 Å². The average molecular weight is 682 g/mol. The lowest BCUT2D eigenvalue weighted by Gasteiger charge is -2.28. The van der Waals surface area contributed by atoms with Crippen LogP contribution >= 0.6 is 0 Å². The highest BCUT2D eigenvalue weighted by molar-refractivity contribution is 6.02. The van der Waals surface area contributed by atoms with E-state index < -0.39 is 78.3 Å². The van der Waals surface area contributed by atoms with Crippen molar-refractivity contribution in [2.45, 2.75) is 75.0 Å². The molecule has 11 nitrogen and oxygen atoms in total. The Hall–Kier alpha value is -5.24. The standard InChI is InChI=1S/C35H38F3N5O6/c1-21(30(46)41-26(16-17-28(39)44)29(45)35(36,37)38)40-32(48)27(20-22-8-4-2-5-9-22)42-33(49)34(18-19-34)43-31(47)25-14-12-24(13-15-25)23-10-6-3-7-11-23/h2-15,21,26-27,29,45H,16-20H2,1H3,(H2,39,44)(H,40,48)(H,41,46)(H,42,49)(H,43,47)/t21-,26?,27?,29?/m0/s1. The maximum Gasteiger partial charge on any atom is 0.416 e. The first kappa shape index (κ1) is 36.6. The second-order valence-electron chi connectivity index (χ2n) is 12.0. The molecule has 0 aromatic heterocycles. The minimum Gasteiger partial charge on any atom is -0.382 e. The molecule has 0 saturated heterocycles. The van der Waals surface area contributed by atoms with E-state index in [0.717, 1.165) is 11.1 Å². The second kappa shape index (κ2) is 15.8. The second-order valence-corrected chi connectivity index (χ2v) is 12.0. The Balaban J connectivity index is 1.43. The number of primary amides is 1. The molecule has 49 heavy (non-hydrogen) atoms. The van der Waals surface area contributed by atoms with Crippen LogP contribution in [0.25, 0.3) is 11.1 Å². The van der Waals surface area contributed by atoms with Crippen molar-refractivity contribution in [3.8, 4) is 11.1 Å². The number of rotatable bonds is 15. The fourth-order valence-electron chi connectivity index (χ4n) is 5.15. The minimum atomic E-state index is -5.10. The maximum absolute atomic E-state index is 13.5. The van der Waals surface area contributed by atoms with Crippen LogP contribution in [0.5, 0.6) is 0 Å². The Morgan fingerprint density at radius 1 is 0.816 bits per heavy atom. The monoisotopic (exact) mass is 681 g/mol. The first-order valence-electron chi connectivity index (χ1n) is 15.7. The molecule has 1 aliphatic carbocycles. The van der Waals surface area contributed by atoms with Crippen molar-refractivity contribution in [1.29, 1.82) is 0 Å². The summed E-state index contributed by atoms with van der Waals surface area (Å²) >= 11 is 0. The highest BCUT2D eigenvalue weighted by Gasteiger charge is 2.52. The number of aliphatic hydroxyl groups excluding tert-OH is 1. The zero-order chi connectivity index (χ0) is 35.8. The Bertz CT molecular complexity index is 1630. The molecule has 14 heteroatoms. The molecule has 1 saturated carbocycles. The van der Waals surface area contributed by atoms with Gasteiger partial charge < -0.3 is 32.1 Å². The van der Waals surface area contributed by atoms with Crippen LogP contribution < -0.4 is 27.0 Å². The number of halogens is 3. The molecule has 1 aliphatic rings. The average Bonchev–Trinajstić information content (AvgIpc) is 3.86. The summed E-state index contributed by atoms with van der Waals surface area (Å²) in [6.45, 7) is 1.21. The van der Waals surface area contributed by atoms with Crippen LogP contribution in [0.15, 0.2) is 84.9 Å². The summed E-state index contributed by atoms with van der Waals surface area (Å²) in [5, 5.41) is 19.6. The van der Waals surface area contributed by atoms with Crippen LogP contribution in [0.1, 0.15) is 48.5 Å². The number of amides is 5. The fraction of sp³-hybridized carbons (Fsp3) is 0.343. The van der Waals surface area contributed by atoms with E-state index in [2.05, 4.69) is 16.0 Å². The van der Waals surface area contributed by atoms with E-state index in [0.29, 0.717) is 24.0 Å². The third-order valence-corrected chi connectivity index (χ3v) is 8.19. The lowest BCUT2D eigenvalue weighted by atomic mass is 10.0. The van der Waals surface area contributed by atoms with Crippen molar-refractivity contribution in [2.24, 2.45) is 5.73 Å². The summed E-state index contributed by atoms with van der Waals surface area (Å²) in [4.78, 5) is 64.1. The van der Waals surface area contributed by atoms with Gasteiger partial charge in [-0.15, -0.1) is 0 Å². The molecule has 3 aromatic rings. The molecule has 0 bridgehead atoms. The van der Waals surface area contributed by atoms with Crippen molar-refractivity contribution >= 4 is 29.5 Å². The van der Waals surface area contributed by atoms with Gasteiger partial charge in [-0.1, -0.05) is 72.8 Å².